The molecule has 0 spiro atoms. The van der Waals surface area contributed by atoms with Crippen molar-refractivity contribution >= 4 is 29.0 Å². The summed E-state index contributed by atoms with van der Waals surface area (Å²) in [5.74, 6) is 0.175. The molecule has 0 amide bonds. The number of benzene rings is 1. The Labute approximate surface area is 136 Å². The van der Waals surface area contributed by atoms with E-state index in [9.17, 15) is 4.79 Å². The van der Waals surface area contributed by atoms with Gasteiger partial charge in [0.25, 0.3) is 0 Å². The van der Waals surface area contributed by atoms with E-state index in [1.807, 2.05) is 0 Å². The van der Waals surface area contributed by atoms with E-state index >= 15 is 0 Å². The van der Waals surface area contributed by atoms with Crippen LogP contribution in [0.2, 0.25) is 10.0 Å². The number of piperidine rings is 1. The predicted molar refractivity (Wildman–Crippen MR) is 87.4 cm³/mol. The fourth-order valence-corrected chi connectivity index (χ4v) is 4.27. The highest BCUT2D eigenvalue weighted by atomic mass is 35.5. The van der Waals surface area contributed by atoms with E-state index in [4.69, 9.17) is 23.2 Å². The Morgan fingerprint density at radius 3 is 2.33 bits per heavy atom. The predicted octanol–water partition coefficient (Wildman–Crippen LogP) is 4.97. The maximum absolute atomic E-state index is 13.3. The van der Waals surface area contributed by atoms with Gasteiger partial charge in [0.1, 0.15) is 0 Å². The minimum absolute atomic E-state index is 0.175. The first-order valence-corrected chi connectivity index (χ1v) is 8.64. The van der Waals surface area contributed by atoms with Crippen molar-refractivity contribution in [3.05, 3.63) is 33.8 Å². The molecule has 0 bridgehead atoms. The minimum atomic E-state index is -0.339. The van der Waals surface area contributed by atoms with Crippen molar-refractivity contribution < 1.29 is 4.79 Å². The molecule has 0 aromatic heterocycles. The highest BCUT2D eigenvalue weighted by molar-refractivity contribution is 6.36. The largest absolute Gasteiger partial charge is 0.292 e. The third-order valence-corrected chi connectivity index (χ3v) is 5.55. The van der Waals surface area contributed by atoms with Gasteiger partial charge in [-0.3, -0.25) is 9.69 Å². The molecule has 1 saturated carbocycles. The van der Waals surface area contributed by atoms with Gasteiger partial charge in [-0.2, -0.15) is 0 Å². The van der Waals surface area contributed by atoms with E-state index in [1.54, 1.807) is 18.2 Å². The van der Waals surface area contributed by atoms with Crippen LogP contribution in [-0.2, 0) is 0 Å². The number of ketones is 1. The summed E-state index contributed by atoms with van der Waals surface area (Å²) in [7, 11) is 0. The minimum Gasteiger partial charge on any atom is -0.292 e. The first kappa shape index (κ1) is 15.3. The summed E-state index contributed by atoms with van der Waals surface area (Å²) < 4.78 is 0. The molecule has 0 N–H and O–H groups in total. The van der Waals surface area contributed by atoms with E-state index in [0.29, 0.717) is 15.6 Å². The third-order valence-electron chi connectivity index (χ3n) is 4.99. The van der Waals surface area contributed by atoms with Crippen molar-refractivity contribution in [2.24, 2.45) is 0 Å². The van der Waals surface area contributed by atoms with Gasteiger partial charge in [-0.15, -0.1) is 0 Å². The molecule has 1 saturated heterocycles. The van der Waals surface area contributed by atoms with Crippen LogP contribution in [-0.4, -0.2) is 29.3 Å². The Balaban J connectivity index is 1.96. The molecule has 1 aromatic rings. The summed E-state index contributed by atoms with van der Waals surface area (Å²) in [6.45, 7) is 2.06. The van der Waals surface area contributed by atoms with Crippen LogP contribution in [0.1, 0.15) is 55.3 Å². The highest BCUT2D eigenvalue weighted by Crippen LogP contribution is 2.41. The summed E-state index contributed by atoms with van der Waals surface area (Å²) in [6, 6.07) is 5.20. The summed E-state index contributed by atoms with van der Waals surface area (Å²) in [6.07, 6.45) is 7.82. The molecular weight excluding hydrogens is 305 g/mol. The number of carbonyl (C=O) groups is 1. The zero-order valence-electron chi connectivity index (χ0n) is 12.2. The van der Waals surface area contributed by atoms with E-state index in [0.717, 1.165) is 38.8 Å². The SMILES string of the molecule is O=C(c1cc(Cl)ccc1Cl)C1(N2CCCCC2)CCCC1. The standard InChI is InChI=1S/C17H21Cl2NO/c18-13-6-7-15(19)14(12-13)16(21)17(8-2-3-9-17)20-10-4-1-5-11-20/h6-7,12H,1-5,8-11H2. The van der Waals surface area contributed by atoms with Crippen molar-refractivity contribution in [1.82, 2.24) is 4.90 Å². The summed E-state index contributed by atoms with van der Waals surface area (Å²) in [5.41, 5.74) is 0.256. The lowest BCUT2D eigenvalue weighted by atomic mass is 9.84. The van der Waals surface area contributed by atoms with Gasteiger partial charge in [-0.25, -0.2) is 0 Å². The molecule has 1 heterocycles. The number of nitrogens with zero attached hydrogens (tertiary/aromatic N) is 1. The Hall–Kier alpha value is -0.570. The lowest BCUT2D eigenvalue weighted by molar-refractivity contribution is 0.0477. The van der Waals surface area contributed by atoms with Crippen molar-refractivity contribution in [3.8, 4) is 0 Å². The fourth-order valence-electron chi connectivity index (χ4n) is 3.89. The number of hydrogen-bond donors (Lipinski definition) is 0. The number of halogens is 2. The second kappa shape index (κ2) is 6.28. The van der Waals surface area contributed by atoms with Gasteiger partial charge in [0.15, 0.2) is 5.78 Å². The lowest BCUT2D eigenvalue weighted by Gasteiger charge is -2.42. The van der Waals surface area contributed by atoms with Gasteiger partial charge in [0.05, 0.1) is 10.6 Å². The summed E-state index contributed by atoms with van der Waals surface area (Å²) in [5, 5.41) is 1.10. The first-order valence-electron chi connectivity index (χ1n) is 7.88. The molecule has 0 atom stereocenters. The van der Waals surface area contributed by atoms with Gasteiger partial charge in [-0.05, 0) is 57.0 Å². The van der Waals surface area contributed by atoms with Crippen LogP contribution in [0.25, 0.3) is 0 Å². The van der Waals surface area contributed by atoms with Crippen LogP contribution >= 0.6 is 23.2 Å². The van der Waals surface area contributed by atoms with Crippen molar-refractivity contribution in [2.75, 3.05) is 13.1 Å². The number of rotatable bonds is 3. The molecule has 1 aromatic carbocycles. The number of Topliss-reactive ketones (excluding diaryl/α,β-unsaturated/α-hetero) is 1. The molecule has 0 radical (unpaired) electrons. The van der Waals surface area contributed by atoms with Crippen LogP contribution in [0, 0.1) is 0 Å². The number of carbonyl (C=O) groups excluding carboxylic acids is 1. The Morgan fingerprint density at radius 2 is 1.67 bits per heavy atom. The van der Waals surface area contributed by atoms with Crippen molar-refractivity contribution in [1.29, 1.82) is 0 Å². The molecule has 2 aliphatic rings. The first-order chi connectivity index (χ1) is 10.1. The fraction of sp³-hybridized carbons (Fsp3) is 0.588. The van der Waals surface area contributed by atoms with E-state index in [2.05, 4.69) is 4.90 Å². The van der Waals surface area contributed by atoms with Crippen LogP contribution in [0.5, 0.6) is 0 Å². The lowest BCUT2D eigenvalue weighted by Crippen LogP contribution is -2.54. The summed E-state index contributed by atoms with van der Waals surface area (Å²) in [4.78, 5) is 15.7. The molecule has 1 aliphatic heterocycles. The van der Waals surface area contributed by atoms with Crippen LogP contribution < -0.4 is 0 Å². The quantitative estimate of drug-likeness (QED) is 0.731. The molecule has 0 unspecified atom stereocenters. The van der Waals surface area contributed by atoms with Crippen LogP contribution in [0.15, 0.2) is 18.2 Å². The van der Waals surface area contributed by atoms with Gasteiger partial charge in [-0.1, -0.05) is 42.5 Å². The van der Waals surface area contributed by atoms with Gasteiger partial charge in [0.2, 0.25) is 0 Å². The van der Waals surface area contributed by atoms with Gasteiger partial charge >= 0.3 is 0 Å². The molecule has 2 nitrogen and oxygen atoms in total. The van der Waals surface area contributed by atoms with Gasteiger partial charge in [0, 0.05) is 10.6 Å². The van der Waals surface area contributed by atoms with Crippen molar-refractivity contribution in [2.45, 2.75) is 50.5 Å². The van der Waals surface area contributed by atoms with Crippen LogP contribution in [0.4, 0.5) is 0 Å². The maximum atomic E-state index is 13.3. The van der Waals surface area contributed by atoms with E-state index < -0.39 is 0 Å². The average molecular weight is 326 g/mol. The topological polar surface area (TPSA) is 20.3 Å². The molecule has 4 heteroatoms. The Morgan fingerprint density at radius 1 is 1.00 bits per heavy atom. The molecule has 1 aliphatic carbocycles. The summed E-state index contributed by atoms with van der Waals surface area (Å²) >= 11 is 12.3. The Kier molecular flexibility index (Phi) is 4.58. The smallest absolute Gasteiger partial charge is 0.184 e. The molecular formula is C17H21Cl2NO. The molecule has 2 fully saturated rings. The zero-order valence-corrected chi connectivity index (χ0v) is 13.7. The van der Waals surface area contributed by atoms with Crippen LogP contribution in [0.3, 0.4) is 0 Å². The number of likely N-dealkylation sites (tertiary alicyclic amines) is 1. The Bertz CT molecular complexity index is 532. The van der Waals surface area contributed by atoms with E-state index in [-0.39, 0.29) is 11.3 Å². The average Bonchev–Trinajstić information content (AvgIpc) is 3.01. The normalized spacial score (nSPS) is 22.4. The highest BCUT2D eigenvalue weighted by Gasteiger charge is 2.46. The zero-order chi connectivity index (χ0) is 14.9. The monoisotopic (exact) mass is 325 g/mol. The van der Waals surface area contributed by atoms with Gasteiger partial charge < -0.3 is 0 Å². The number of hydrogen-bond acceptors (Lipinski definition) is 2. The molecule has 21 heavy (non-hydrogen) atoms. The second-order valence-corrected chi connectivity index (χ2v) is 7.08. The molecule has 114 valence electrons. The van der Waals surface area contributed by atoms with E-state index in [1.165, 1.54) is 19.3 Å². The van der Waals surface area contributed by atoms with Crippen molar-refractivity contribution in [3.63, 3.8) is 0 Å². The maximum Gasteiger partial charge on any atom is 0.184 e. The third kappa shape index (κ3) is 2.86. The second-order valence-electron chi connectivity index (χ2n) is 6.24. The molecule has 3 rings (SSSR count).